The Hall–Kier alpha value is -2.46. The Labute approximate surface area is 198 Å². The molecule has 9 heteroatoms. The van der Waals surface area contributed by atoms with Crippen LogP contribution in [0.1, 0.15) is 53.6 Å². The number of aromatic hydroxyl groups is 1. The highest BCUT2D eigenvalue weighted by molar-refractivity contribution is 7.89. The summed E-state index contributed by atoms with van der Waals surface area (Å²) in [6.07, 6.45) is -0.173. The minimum absolute atomic E-state index is 0.0183. The number of primary sulfonamides is 1. The number of phenolic OH excluding ortho intramolecular Hbond substituents is 1. The lowest BCUT2D eigenvalue weighted by Gasteiger charge is -2.50. The largest absolute Gasteiger partial charge is 0.508 e. The molecule has 5 N–H and O–H groups in total. The number of hydrogen-bond donors (Lipinski definition) is 4. The molecule has 2 aromatic rings. The van der Waals surface area contributed by atoms with Crippen molar-refractivity contribution in [1.82, 2.24) is 0 Å². The normalized spacial score (nSPS) is 34.6. The zero-order valence-electron chi connectivity index (χ0n) is 18.8. The number of benzene rings is 2. The molecule has 3 aliphatic rings. The van der Waals surface area contributed by atoms with Crippen molar-refractivity contribution in [2.45, 2.75) is 61.7 Å². The SMILES string of the molecule is C[C@]12CCC3c4ccc(O)cc4CCC3C1C(O)[C@@H](OC(=O)c1cccc(S(N)(=O)=O)c1)[C@@H]2O. The highest BCUT2D eigenvalue weighted by Crippen LogP contribution is 2.61. The van der Waals surface area contributed by atoms with Crippen LogP contribution < -0.4 is 5.14 Å². The van der Waals surface area contributed by atoms with Gasteiger partial charge < -0.3 is 20.1 Å². The number of carbonyl (C=O) groups is 1. The molecule has 0 spiro atoms. The molecule has 0 saturated heterocycles. The predicted octanol–water partition coefficient (Wildman–Crippen LogP) is 2.06. The average molecular weight is 488 g/mol. The molecule has 2 saturated carbocycles. The topological polar surface area (TPSA) is 147 Å². The smallest absolute Gasteiger partial charge is 0.338 e. The van der Waals surface area contributed by atoms with Crippen molar-refractivity contribution in [2.24, 2.45) is 22.4 Å². The molecule has 8 nitrogen and oxygen atoms in total. The molecule has 0 heterocycles. The zero-order valence-corrected chi connectivity index (χ0v) is 19.6. The van der Waals surface area contributed by atoms with Crippen molar-refractivity contribution in [2.75, 3.05) is 0 Å². The third kappa shape index (κ3) is 3.62. The average Bonchev–Trinajstić information content (AvgIpc) is 2.98. The van der Waals surface area contributed by atoms with Gasteiger partial charge in [-0.2, -0.15) is 0 Å². The monoisotopic (exact) mass is 487 g/mol. The second-order valence-electron chi connectivity index (χ2n) is 10.1. The number of esters is 1. The summed E-state index contributed by atoms with van der Waals surface area (Å²) >= 11 is 0. The molecule has 182 valence electrons. The van der Waals surface area contributed by atoms with E-state index < -0.39 is 39.7 Å². The molecule has 0 bridgehead atoms. The van der Waals surface area contributed by atoms with Gasteiger partial charge in [0, 0.05) is 5.41 Å². The van der Waals surface area contributed by atoms with Crippen LogP contribution >= 0.6 is 0 Å². The van der Waals surface area contributed by atoms with Crippen LogP contribution in [0.15, 0.2) is 47.4 Å². The summed E-state index contributed by atoms with van der Waals surface area (Å²) in [6, 6.07) is 10.7. The molecule has 3 aliphatic carbocycles. The predicted molar refractivity (Wildman–Crippen MR) is 123 cm³/mol. The van der Waals surface area contributed by atoms with Gasteiger partial charge in [-0.1, -0.05) is 19.1 Å². The number of hydrogen-bond acceptors (Lipinski definition) is 7. The lowest BCUT2D eigenvalue weighted by Crippen LogP contribution is -2.46. The Balaban J connectivity index is 1.41. The molecule has 2 aromatic carbocycles. The van der Waals surface area contributed by atoms with E-state index in [4.69, 9.17) is 9.88 Å². The Bertz CT molecular complexity index is 1250. The van der Waals surface area contributed by atoms with Crippen LogP contribution in [-0.4, -0.2) is 48.0 Å². The summed E-state index contributed by atoms with van der Waals surface area (Å²) in [4.78, 5) is 12.6. The lowest BCUT2D eigenvalue weighted by atomic mass is 9.55. The van der Waals surface area contributed by atoms with Gasteiger partial charge in [-0.05, 0) is 84.9 Å². The van der Waals surface area contributed by atoms with Crippen molar-refractivity contribution in [1.29, 1.82) is 0 Å². The van der Waals surface area contributed by atoms with Crippen molar-refractivity contribution in [3.8, 4) is 5.75 Å². The number of aryl methyl sites for hydroxylation is 1. The number of sulfonamides is 1. The van der Waals surface area contributed by atoms with E-state index in [1.165, 1.54) is 23.8 Å². The Morgan fingerprint density at radius 3 is 2.65 bits per heavy atom. The number of rotatable bonds is 3. The van der Waals surface area contributed by atoms with Gasteiger partial charge in [0.15, 0.2) is 6.10 Å². The van der Waals surface area contributed by atoms with Crippen LogP contribution in [-0.2, 0) is 21.2 Å². The summed E-state index contributed by atoms with van der Waals surface area (Å²) in [5.41, 5.74) is 1.66. The molecular weight excluding hydrogens is 458 g/mol. The molecule has 0 radical (unpaired) electrons. The Kier molecular flexibility index (Phi) is 5.51. The molecule has 5 rings (SSSR count). The molecule has 4 unspecified atom stereocenters. The standard InChI is InChI=1S/C25H29NO7S/c1-25-10-9-18-17-8-6-15(27)11-13(17)5-7-19(18)20(25)21(28)22(23(25)29)33-24(30)14-3-2-4-16(12-14)34(26,31)32/h2-4,6,8,11-12,18-23,27-29H,5,7,9-10H2,1H3,(H2,26,31,32)/t18?,19?,20?,21?,22-,23+,25+/m1/s1. The van der Waals surface area contributed by atoms with Gasteiger partial charge in [-0.25, -0.2) is 18.4 Å². The third-order valence-corrected chi connectivity index (χ3v) is 9.25. The first-order valence-electron chi connectivity index (χ1n) is 11.5. The van der Waals surface area contributed by atoms with Crippen LogP contribution in [0.2, 0.25) is 0 Å². The fourth-order valence-corrected chi connectivity index (χ4v) is 7.29. The maximum Gasteiger partial charge on any atom is 0.338 e. The van der Waals surface area contributed by atoms with Gasteiger partial charge >= 0.3 is 5.97 Å². The number of nitrogens with two attached hydrogens (primary N) is 1. The van der Waals surface area contributed by atoms with E-state index in [0.717, 1.165) is 30.9 Å². The number of fused-ring (bicyclic) bond motifs is 5. The number of ether oxygens (including phenoxy) is 1. The maximum atomic E-state index is 12.9. The van der Waals surface area contributed by atoms with E-state index in [1.54, 1.807) is 12.1 Å². The van der Waals surface area contributed by atoms with Gasteiger partial charge in [0.05, 0.1) is 22.7 Å². The Morgan fingerprint density at radius 2 is 1.91 bits per heavy atom. The molecule has 34 heavy (non-hydrogen) atoms. The van der Waals surface area contributed by atoms with Crippen LogP contribution in [0, 0.1) is 17.3 Å². The lowest BCUT2D eigenvalue weighted by molar-refractivity contribution is -0.0613. The quantitative estimate of drug-likeness (QED) is 0.485. The highest BCUT2D eigenvalue weighted by atomic mass is 32.2. The van der Waals surface area contributed by atoms with E-state index in [1.807, 2.05) is 13.0 Å². The summed E-state index contributed by atoms with van der Waals surface area (Å²) in [6.45, 7) is 1.95. The zero-order chi connectivity index (χ0) is 24.4. The number of aliphatic hydroxyl groups is 2. The van der Waals surface area contributed by atoms with Crippen molar-refractivity contribution < 1.29 is 33.3 Å². The van der Waals surface area contributed by atoms with E-state index in [0.29, 0.717) is 6.42 Å². The van der Waals surface area contributed by atoms with Crippen LogP contribution in [0.4, 0.5) is 0 Å². The van der Waals surface area contributed by atoms with Crippen molar-refractivity contribution in [3.05, 3.63) is 59.2 Å². The molecule has 0 aromatic heterocycles. The summed E-state index contributed by atoms with van der Waals surface area (Å²) in [7, 11) is -4.00. The van der Waals surface area contributed by atoms with Crippen molar-refractivity contribution in [3.63, 3.8) is 0 Å². The van der Waals surface area contributed by atoms with E-state index in [-0.39, 0.29) is 34.0 Å². The third-order valence-electron chi connectivity index (χ3n) is 8.34. The first-order chi connectivity index (χ1) is 16.0. The van der Waals surface area contributed by atoms with Crippen LogP contribution in [0.3, 0.4) is 0 Å². The molecule has 7 atom stereocenters. The number of aliphatic hydroxyl groups excluding tert-OH is 2. The number of phenols is 1. The van der Waals surface area contributed by atoms with Gasteiger partial charge in [0.25, 0.3) is 0 Å². The van der Waals surface area contributed by atoms with Gasteiger partial charge in [-0.15, -0.1) is 0 Å². The van der Waals surface area contributed by atoms with Crippen LogP contribution in [0.5, 0.6) is 5.75 Å². The first-order valence-corrected chi connectivity index (χ1v) is 13.1. The maximum absolute atomic E-state index is 12.9. The van der Waals surface area contributed by atoms with Crippen LogP contribution in [0.25, 0.3) is 0 Å². The molecular formula is C25H29NO7S. The van der Waals surface area contributed by atoms with E-state index >= 15 is 0 Å². The van der Waals surface area contributed by atoms with Gasteiger partial charge in [0.1, 0.15) is 5.75 Å². The fraction of sp³-hybridized carbons (Fsp3) is 0.480. The van der Waals surface area contributed by atoms with Gasteiger partial charge in [0.2, 0.25) is 10.0 Å². The summed E-state index contributed by atoms with van der Waals surface area (Å²) in [5, 5.41) is 37.6. The summed E-state index contributed by atoms with van der Waals surface area (Å²) in [5.74, 6) is -0.540. The second kappa shape index (κ2) is 8.05. The minimum Gasteiger partial charge on any atom is -0.508 e. The minimum atomic E-state index is -4.00. The van der Waals surface area contributed by atoms with Gasteiger partial charge in [-0.3, -0.25) is 0 Å². The summed E-state index contributed by atoms with van der Waals surface area (Å²) < 4.78 is 28.9. The molecule has 0 amide bonds. The van der Waals surface area contributed by atoms with E-state index in [2.05, 4.69) is 0 Å². The first kappa shape index (κ1) is 23.3. The highest BCUT2D eigenvalue weighted by Gasteiger charge is 2.63. The van der Waals surface area contributed by atoms with E-state index in [9.17, 15) is 28.5 Å². The molecule has 2 fully saturated rings. The second-order valence-corrected chi connectivity index (χ2v) is 11.7. The fourth-order valence-electron chi connectivity index (χ4n) is 6.73. The molecule has 0 aliphatic heterocycles. The number of carbonyl (C=O) groups excluding carboxylic acids is 1. The van der Waals surface area contributed by atoms with Crippen molar-refractivity contribution >= 4 is 16.0 Å². The Morgan fingerprint density at radius 1 is 1.15 bits per heavy atom.